The number of carbonyl (C=O) groups excluding carboxylic acids is 1. The number of aromatic nitrogens is 1. The molecule has 2 aromatic heterocycles. The summed E-state index contributed by atoms with van der Waals surface area (Å²) in [6.45, 7) is 1.55. The normalized spacial score (nSPS) is 11.6. The Hall–Kier alpha value is -3.68. The first-order valence-corrected chi connectivity index (χ1v) is 10.2. The Morgan fingerprint density at radius 2 is 1.97 bits per heavy atom. The molecule has 0 saturated heterocycles. The highest BCUT2D eigenvalue weighted by Crippen LogP contribution is 2.23. The summed E-state index contributed by atoms with van der Waals surface area (Å²) in [5, 5.41) is 13.6. The predicted molar refractivity (Wildman–Crippen MR) is 121 cm³/mol. The van der Waals surface area contributed by atoms with E-state index in [4.69, 9.17) is 20.8 Å². The van der Waals surface area contributed by atoms with E-state index in [1.807, 2.05) is 18.2 Å². The molecule has 0 fully saturated rings. The first-order valence-electron chi connectivity index (χ1n) is 9.84. The first-order chi connectivity index (χ1) is 15.5. The van der Waals surface area contributed by atoms with E-state index in [-0.39, 0.29) is 17.7 Å². The quantitative estimate of drug-likeness (QED) is 0.434. The Morgan fingerprint density at radius 3 is 2.72 bits per heavy atom. The highest BCUT2D eigenvalue weighted by Gasteiger charge is 2.21. The maximum atomic E-state index is 13.3. The van der Waals surface area contributed by atoms with Gasteiger partial charge in [-0.15, -0.1) is 0 Å². The van der Waals surface area contributed by atoms with Crippen LogP contribution < -0.4 is 20.6 Å². The van der Waals surface area contributed by atoms with Crippen molar-refractivity contribution in [1.82, 2.24) is 4.98 Å². The second kappa shape index (κ2) is 9.21. The molecular formula is C24H21ClN3O4+. The number of para-hydroxylation sites is 3. The van der Waals surface area contributed by atoms with Crippen molar-refractivity contribution >= 4 is 39.9 Å². The van der Waals surface area contributed by atoms with Gasteiger partial charge in [-0.2, -0.15) is 4.99 Å². The molecule has 0 spiro atoms. The number of anilines is 1. The molecule has 0 aliphatic heterocycles. The van der Waals surface area contributed by atoms with Crippen molar-refractivity contribution < 1.29 is 24.0 Å². The average Bonchev–Trinajstić information content (AvgIpc) is 2.81. The lowest BCUT2D eigenvalue weighted by Gasteiger charge is -2.09. The number of aryl methyl sites for hydroxylation is 1. The molecule has 2 heterocycles. The molecule has 0 saturated carbocycles. The smallest absolute Gasteiger partial charge is 0.385 e. The van der Waals surface area contributed by atoms with Crippen molar-refractivity contribution in [2.45, 2.75) is 13.5 Å². The molecular weight excluding hydrogens is 430 g/mol. The molecule has 4 rings (SSSR count). The minimum absolute atomic E-state index is 0.201. The Bertz CT molecular complexity index is 1380. The van der Waals surface area contributed by atoms with E-state index in [2.05, 4.69) is 15.3 Å². The molecule has 8 heteroatoms. The fourth-order valence-electron chi connectivity index (χ4n) is 3.31. The molecule has 2 aromatic carbocycles. The van der Waals surface area contributed by atoms with E-state index in [1.165, 1.54) is 0 Å². The molecule has 7 nitrogen and oxygen atoms in total. The van der Waals surface area contributed by atoms with E-state index in [0.29, 0.717) is 44.4 Å². The Balaban J connectivity index is 1.96. The van der Waals surface area contributed by atoms with Gasteiger partial charge in [0.1, 0.15) is 0 Å². The number of fused-ring (bicyclic) bond motifs is 1. The third-order valence-corrected chi connectivity index (χ3v) is 5.29. The maximum Gasteiger partial charge on any atom is 0.385 e. The van der Waals surface area contributed by atoms with Gasteiger partial charge in [0.15, 0.2) is 16.9 Å². The van der Waals surface area contributed by atoms with Crippen molar-refractivity contribution in [3.05, 3.63) is 88.2 Å². The number of methoxy groups -OCH3 is 1. The average molecular weight is 451 g/mol. The van der Waals surface area contributed by atoms with Gasteiger partial charge in [0.2, 0.25) is 5.69 Å². The van der Waals surface area contributed by atoms with Crippen molar-refractivity contribution in [3.63, 3.8) is 0 Å². The van der Waals surface area contributed by atoms with E-state index < -0.39 is 5.91 Å². The molecule has 0 unspecified atom stereocenters. The molecule has 1 amide bonds. The lowest BCUT2D eigenvalue weighted by atomic mass is 10.1. The minimum atomic E-state index is -0.431. The number of ether oxygens (including phenoxy) is 1. The van der Waals surface area contributed by atoms with Gasteiger partial charge in [-0.05, 0) is 31.2 Å². The number of nitrogens with zero attached hydrogens (tertiary/aromatic N) is 1. The van der Waals surface area contributed by atoms with E-state index in [0.717, 1.165) is 0 Å². The largest absolute Gasteiger partial charge is 0.490 e. The number of benzene rings is 2. The summed E-state index contributed by atoms with van der Waals surface area (Å²) in [6.07, 6.45) is 1.57. The van der Waals surface area contributed by atoms with Crippen LogP contribution in [-0.2, 0) is 6.61 Å². The highest BCUT2D eigenvalue weighted by molar-refractivity contribution is 6.33. The first kappa shape index (κ1) is 21.5. The van der Waals surface area contributed by atoms with Crippen LogP contribution in [0.5, 0.6) is 5.75 Å². The van der Waals surface area contributed by atoms with Crippen LogP contribution in [0.1, 0.15) is 21.6 Å². The maximum absolute atomic E-state index is 13.3. The van der Waals surface area contributed by atoms with Crippen LogP contribution in [0.4, 0.5) is 11.4 Å². The summed E-state index contributed by atoms with van der Waals surface area (Å²) in [4.78, 5) is 20.7. The van der Waals surface area contributed by atoms with Gasteiger partial charge < -0.3 is 19.6 Å². The number of aliphatic hydroxyl groups is 1. The molecule has 0 atom stereocenters. The molecule has 0 radical (unpaired) electrons. The number of hydrogen-bond donors (Lipinski definition) is 3. The standard InChI is InChI=1S/C24H20ClN3O4/c1-14-22-16(15(13-29)12-26-14)11-17(23(30)27-19-8-4-3-7-18(19)25)24(32-22)28-20-9-5-6-10-21(20)31-2/h3-12,29H,13H2,1-2H3,(H,27,30)/p+1. The van der Waals surface area contributed by atoms with Crippen LogP contribution in [0.15, 0.2) is 65.2 Å². The Labute approximate surface area is 189 Å². The highest BCUT2D eigenvalue weighted by atomic mass is 35.5. The second-order valence-corrected chi connectivity index (χ2v) is 7.43. The van der Waals surface area contributed by atoms with Gasteiger partial charge in [0, 0.05) is 23.2 Å². The number of aliphatic hydroxyl groups excluding tert-OH is 1. The summed E-state index contributed by atoms with van der Waals surface area (Å²) < 4.78 is 11.5. The zero-order chi connectivity index (χ0) is 22.7. The topological polar surface area (TPSA) is 98.6 Å². The summed E-state index contributed by atoms with van der Waals surface area (Å²) in [7, 11) is 1.56. The zero-order valence-corrected chi connectivity index (χ0v) is 18.2. The van der Waals surface area contributed by atoms with Gasteiger partial charge in [0.05, 0.1) is 30.1 Å². The Kier molecular flexibility index (Phi) is 6.20. The van der Waals surface area contributed by atoms with Crippen LogP contribution >= 0.6 is 11.6 Å². The number of amides is 1. The molecule has 162 valence electrons. The van der Waals surface area contributed by atoms with E-state index in [9.17, 15) is 9.90 Å². The van der Waals surface area contributed by atoms with Crippen LogP contribution in [0.3, 0.4) is 0 Å². The van der Waals surface area contributed by atoms with Gasteiger partial charge >= 0.3 is 5.55 Å². The van der Waals surface area contributed by atoms with Gasteiger partial charge in [-0.25, -0.2) is 0 Å². The third kappa shape index (κ3) is 4.21. The number of halogens is 1. The summed E-state index contributed by atoms with van der Waals surface area (Å²) >= 11 is 6.22. The number of rotatable bonds is 5. The van der Waals surface area contributed by atoms with Crippen LogP contribution in [0, 0.1) is 6.92 Å². The molecule has 32 heavy (non-hydrogen) atoms. The number of pyridine rings is 1. The lowest BCUT2D eigenvalue weighted by Crippen LogP contribution is -2.71. The van der Waals surface area contributed by atoms with Crippen molar-refractivity contribution in [2.24, 2.45) is 0 Å². The molecule has 0 aliphatic carbocycles. The summed E-state index contributed by atoms with van der Waals surface area (Å²) in [5.41, 5.74) is 3.14. The molecule has 4 aromatic rings. The van der Waals surface area contributed by atoms with Gasteiger partial charge in [-0.3, -0.25) is 9.78 Å². The molecule has 0 bridgehead atoms. The zero-order valence-electron chi connectivity index (χ0n) is 17.5. The van der Waals surface area contributed by atoms with Crippen LogP contribution in [-0.4, -0.2) is 23.1 Å². The summed E-state index contributed by atoms with van der Waals surface area (Å²) in [6, 6.07) is 15.9. The SMILES string of the molecule is COc1ccccc1[NH+]=c1oc2c(C)ncc(CO)c2cc1C(=O)Nc1ccccc1Cl. The number of carbonyl (C=O) groups is 1. The molecule has 3 N–H and O–H groups in total. The third-order valence-electron chi connectivity index (χ3n) is 4.96. The van der Waals surface area contributed by atoms with Crippen LogP contribution in [0.2, 0.25) is 5.02 Å². The lowest BCUT2D eigenvalue weighted by molar-refractivity contribution is -0.418. The fourth-order valence-corrected chi connectivity index (χ4v) is 3.49. The monoisotopic (exact) mass is 450 g/mol. The Morgan fingerprint density at radius 1 is 1.22 bits per heavy atom. The number of nitrogens with one attached hydrogen (secondary N) is 2. The van der Waals surface area contributed by atoms with E-state index >= 15 is 0 Å². The number of hydrogen-bond acceptors (Lipinski definition) is 5. The predicted octanol–water partition coefficient (Wildman–Crippen LogP) is 2.86. The van der Waals surface area contributed by atoms with Gasteiger partial charge in [-0.1, -0.05) is 35.9 Å². The fraction of sp³-hybridized carbons (Fsp3) is 0.125. The summed E-state index contributed by atoms with van der Waals surface area (Å²) in [5.74, 6) is 0.152. The van der Waals surface area contributed by atoms with Gasteiger partial charge in [0.25, 0.3) is 5.91 Å². The van der Waals surface area contributed by atoms with E-state index in [1.54, 1.807) is 56.6 Å². The van der Waals surface area contributed by atoms with Crippen molar-refractivity contribution in [1.29, 1.82) is 0 Å². The van der Waals surface area contributed by atoms with Crippen molar-refractivity contribution in [3.8, 4) is 5.75 Å². The van der Waals surface area contributed by atoms with Crippen molar-refractivity contribution in [2.75, 3.05) is 12.4 Å². The minimum Gasteiger partial charge on any atom is -0.490 e. The van der Waals surface area contributed by atoms with Crippen LogP contribution in [0.25, 0.3) is 11.0 Å². The second-order valence-electron chi connectivity index (χ2n) is 7.02. The molecule has 0 aliphatic rings.